The molecular formula is C16H24F2O2. The van der Waals surface area contributed by atoms with E-state index in [0.29, 0.717) is 17.4 Å². The number of hydrogen-bond donors (Lipinski definition) is 1. The van der Waals surface area contributed by atoms with Crippen molar-refractivity contribution in [1.29, 1.82) is 0 Å². The number of alkyl halides is 2. The minimum absolute atomic E-state index is 0.0992. The summed E-state index contributed by atoms with van der Waals surface area (Å²) >= 11 is 0. The fourth-order valence-electron chi connectivity index (χ4n) is 2.36. The fraction of sp³-hybridized carbons (Fsp3) is 0.625. The molecule has 0 fully saturated rings. The average Bonchev–Trinajstić information content (AvgIpc) is 2.37. The maximum Gasteiger partial charge on any atom is 0.387 e. The van der Waals surface area contributed by atoms with Crippen LogP contribution in [0.4, 0.5) is 8.78 Å². The lowest BCUT2D eigenvalue weighted by Gasteiger charge is -2.17. The van der Waals surface area contributed by atoms with Crippen LogP contribution in [0.15, 0.2) is 18.2 Å². The number of ether oxygens (including phenoxy) is 1. The number of rotatable bonds is 8. The SMILES string of the molecule is CC(C)CCC[C@@H](C)c1ccc(OC(F)F)cc1CO. The summed E-state index contributed by atoms with van der Waals surface area (Å²) in [6.45, 7) is 3.49. The van der Waals surface area contributed by atoms with Crippen LogP contribution in [0, 0.1) is 5.92 Å². The lowest BCUT2D eigenvalue weighted by Crippen LogP contribution is -2.05. The van der Waals surface area contributed by atoms with Crippen LogP contribution >= 0.6 is 0 Å². The van der Waals surface area contributed by atoms with Crippen LogP contribution in [0.5, 0.6) is 5.75 Å². The van der Waals surface area contributed by atoms with Crippen molar-refractivity contribution >= 4 is 0 Å². The summed E-state index contributed by atoms with van der Waals surface area (Å²) in [7, 11) is 0. The second kappa shape index (κ2) is 8.20. The molecule has 2 nitrogen and oxygen atoms in total. The number of halogens is 2. The molecule has 1 rings (SSSR count). The molecule has 0 aliphatic carbocycles. The van der Waals surface area contributed by atoms with E-state index in [2.05, 4.69) is 25.5 Å². The van der Waals surface area contributed by atoms with Crippen LogP contribution in [0.25, 0.3) is 0 Å². The minimum atomic E-state index is -2.84. The van der Waals surface area contributed by atoms with Gasteiger partial charge >= 0.3 is 6.61 Å². The number of aliphatic hydroxyl groups is 1. The molecule has 114 valence electrons. The van der Waals surface area contributed by atoms with Gasteiger partial charge in [0.15, 0.2) is 0 Å². The van der Waals surface area contributed by atoms with E-state index in [-0.39, 0.29) is 12.4 Å². The van der Waals surface area contributed by atoms with Crippen LogP contribution in [-0.2, 0) is 6.61 Å². The summed E-state index contributed by atoms with van der Waals surface area (Å²) in [5.74, 6) is 1.08. The molecule has 20 heavy (non-hydrogen) atoms. The lowest BCUT2D eigenvalue weighted by atomic mass is 9.90. The van der Waals surface area contributed by atoms with Crippen molar-refractivity contribution < 1.29 is 18.6 Å². The second-order valence-corrected chi connectivity index (χ2v) is 5.62. The summed E-state index contributed by atoms with van der Waals surface area (Å²) in [6.07, 6.45) is 3.32. The third-order valence-corrected chi connectivity index (χ3v) is 3.46. The highest BCUT2D eigenvalue weighted by atomic mass is 19.3. The molecule has 0 unspecified atom stereocenters. The molecule has 1 aromatic carbocycles. The maximum atomic E-state index is 12.2. The Hall–Kier alpha value is -1.16. The fourth-order valence-corrected chi connectivity index (χ4v) is 2.36. The number of aliphatic hydroxyl groups excluding tert-OH is 1. The molecule has 0 saturated carbocycles. The zero-order valence-corrected chi connectivity index (χ0v) is 12.4. The molecule has 1 aromatic rings. The zero-order chi connectivity index (χ0) is 15.1. The lowest BCUT2D eigenvalue weighted by molar-refractivity contribution is -0.0499. The largest absolute Gasteiger partial charge is 0.435 e. The summed E-state index contributed by atoms with van der Waals surface area (Å²) < 4.78 is 28.7. The standard InChI is InChI=1S/C16H24F2O2/c1-11(2)5-4-6-12(3)15-8-7-14(20-16(17)18)9-13(15)10-19/h7-9,11-12,16,19H,4-6,10H2,1-3H3/t12-/m1/s1. The Labute approximate surface area is 119 Å². The van der Waals surface area contributed by atoms with Crippen molar-refractivity contribution in [2.45, 2.75) is 59.2 Å². The van der Waals surface area contributed by atoms with Crippen LogP contribution in [-0.4, -0.2) is 11.7 Å². The molecule has 0 aliphatic rings. The van der Waals surface area contributed by atoms with Crippen LogP contribution in [0.3, 0.4) is 0 Å². The molecule has 0 radical (unpaired) electrons. The summed E-state index contributed by atoms with van der Waals surface area (Å²) in [5, 5.41) is 9.40. The maximum absolute atomic E-state index is 12.2. The van der Waals surface area contributed by atoms with Crippen LogP contribution < -0.4 is 4.74 Å². The number of hydrogen-bond acceptors (Lipinski definition) is 2. The van der Waals surface area contributed by atoms with E-state index in [4.69, 9.17) is 0 Å². The quantitative estimate of drug-likeness (QED) is 0.750. The van der Waals surface area contributed by atoms with Crippen molar-refractivity contribution in [3.8, 4) is 5.75 Å². The summed E-state index contributed by atoms with van der Waals surface area (Å²) in [6, 6.07) is 4.82. The smallest absolute Gasteiger partial charge is 0.387 e. The van der Waals surface area contributed by atoms with E-state index in [0.717, 1.165) is 18.4 Å². The van der Waals surface area contributed by atoms with E-state index in [9.17, 15) is 13.9 Å². The molecule has 0 bridgehead atoms. The summed E-state index contributed by atoms with van der Waals surface area (Å²) in [5.41, 5.74) is 1.68. The first-order valence-electron chi connectivity index (χ1n) is 7.12. The molecule has 1 N–H and O–H groups in total. The highest BCUT2D eigenvalue weighted by molar-refractivity contribution is 5.37. The van der Waals surface area contributed by atoms with Gasteiger partial charge in [-0.1, -0.05) is 39.7 Å². The Morgan fingerprint density at radius 2 is 1.85 bits per heavy atom. The highest BCUT2D eigenvalue weighted by Gasteiger charge is 2.13. The molecule has 0 aromatic heterocycles. The number of benzene rings is 1. The van der Waals surface area contributed by atoms with Gasteiger partial charge in [0.2, 0.25) is 0 Å². The van der Waals surface area contributed by atoms with Gasteiger partial charge in [-0.05, 0) is 41.5 Å². The third kappa shape index (κ3) is 5.45. The normalized spacial score (nSPS) is 13.0. The Morgan fingerprint density at radius 1 is 1.15 bits per heavy atom. The van der Waals surface area contributed by atoms with Gasteiger partial charge in [-0.2, -0.15) is 8.78 Å². The second-order valence-electron chi connectivity index (χ2n) is 5.62. The highest BCUT2D eigenvalue weighted by Crippen LogP contribution is 2.29. The Kier molecular flexibility index (Phi) is 6.93. The predicted octanol–water partition coefficient (Wildman–Crippen LogP) is 4.71. The van der Waals surface area contributed by atoms with Gasteiger partial charge in [-0.25, -0.2) is 0 Å². The topological polar surface area (TPSA) is 29.5 Å². The van der Waals surface area contributed by atoms with Crippen molar-refractivity contribution in [2.24, 2.45) is 5.92 Å². The van der Waals surface area contributed by atoms with Gasteiger partial charge < -0.3 is 9.84 Å². The van der Waals surface area contributed by atoms with Crippen molar-refractivity contribution in [3.05, 3.63) is 29.3 Å². The third-order valence-electron chi connectivity index (χ3n) is 3.46. The van der Waals surface area contributed by atoms with Gasteiger partial charge in [0.1, 0.15) is 5.75 Å². The monoisotopic (exact) mass is 286 g/mol. The molecule has 1 atom stereocenters. The zero-order valence-electron chi connectivity index (χ0n) is 12.4. The van der Waals surface area contributed by atoms with Gasteiger partial charge in [0, 0.05) is 0 Å². The van der Waals surface area contributed by atoms with Gasteiger partial charge in [-0.15, -0.1) is 0 Å². The van der Waals surface area contributed by atoms with Crippen molar-refractivity contribution in [1.82, 2.24) is 0 Å². The van der Waals surface area contributed by atoms with E-state index >= 15 is 0 Å². The van der Waals surface area contributed by atoms with E-state index in [1.807, 2.05) is 0 Å². The van der Waals surface area contributed by atoms with Crippen LogP contribution in [0.1, 0.15) is 57.1 Å². The molecule has 0 saturated heterocycles. The molecule has 4 heteroatoms. The van der Waals surface area contributed by atoms with Gasteiger partial charge in [-0.3, -0.25) is 0 Å². The van der Waals surface area contributed by atoms with E-state index in [1.165, 1.54) is 12.5 Å². The molecule has 0 spiro atoms. The summed E-state index contributed by atoms with van der Waals surface area (Å²) in [4.78, 5) is 0. The Bertz CT molecular complexity index is 405. The molecule has 0 heterocycles. The minimum Gasteiger partial charge on any atom is -0.435 e. The van der Waals surface area contributed by atoms with Crippen molar-refractivity contribution in [3.63, 3.8) is 0 Å². The van der Waals surface area contributed by atoms with Crippen molar-refractivity contribution in [2.75, 3.05) is 0 Å². The molecule has 0 amide bonds. The molecular weight excluding hydrogens is 262 g/mol. The Balaban J connectivity index is 2.73. The van der Waals surface area contributed by atoms with E-state index < -0.39 is 6.61 Å². The average molecular weight is 286 g/mol. The predicted molar refractivity (Wildman–Crippen MR) is 76.1 cm³/mol. The van der Waals surface area contributed by atoms with Gasteiger partial charge in [0.25, 0.3) is 0 Å². The van der Waals surface area contributed by atoms with E-state index in [1.54, 1.807) is 12.1 Å². The first-order valence-corrected chi connectivity index (χ1v) is 7.12. The first kappa shape index (κ1) is 16.9. The van der Waals surface area contributed by atoms with Gasteiger partial charge in [0.05, 0.1) is 6.61 Å². The Morgan fingerprint density at radius 3 is 2.40 bits per heavy atom. The molecule has 0 aliphatic heterocycles. The first-order chi connectivity index (χ1) is 9.43. The van der Waals surface area contributed by atoms with Crippen LogP contribution in [0.2, 0.25) is 0 Å².